The van der Waals surface area contributed by atoms with Crippen LogP contribution in [-0.4, -0.2) is 31.4 Å². The zero-order valence-electron chi connectivity index (χ0n) is 14.7. The monoisotopic (exact) mass is 416 g/mol. The van der Waals surface area contributed by atoms with Crippen LogP contribution in [0.2, 0.25) is 5.02 Å². The fraction of sp³-hybridized carbons (Fsp3) is 0.150. The lowest BCUT2D eigenvalue weighted by Gasteiger charge is -2.18. The van der Waals surface area contributed by atoms with E-state index in [1.807, 2.05) is 0 Å². The summed E-state index contributed by atoms with van der Waals surface area (Å²) in [7, 11) is -3.70. The SMILES string of the molecule is O=C(COCC1Nc2ccccc2S(=O)(=O)n2cccc21)c1ccc(Cl)cc1. The zero-order valence-corrected chi connectivity index (χ0v) is 16.3. The fourth-order valence-electron chi connectivity index (χ4n) is 3.16. The van der Waals surface area contributed by atoms with Crippen LogP contribution in [0, 0.1) is 0 Å². The van der Waals surface area contributed by atoms with E-state index >= 15 is 0 Å². The lowest BCUT2D eigenvalue weighted by molar-refractivity contribution is 0.0740. The van der Waals surface area contributed by atoms with Crippen LogP contribution in [0.25, 0.3) is 0 Å². The summed E-state index contributed by atoms with van der Waals surface area (Å²) in [6.07, 6.45) is 1.51. The first-order valence-electron chi connectivity index (χ1n) is 8.62. The number of nitrogens with one attached hydrogen (secondary N) is 1. The smallest absolute Gasteiger partial charge is 0.269 e. The third kappa shape index (κ3) is 3.44. The Morgan fingerprint density at radius 1 is 1.07 bits per heavy atom. The third-order valence-corrected chi connectivity index (χ3v) is 6.55. The van der Waals surface area contributed by atoms with Crippen molar-refractivity contribution in [1.82, 2.24) is 3.97 Å². The second-order valence-electron chi connectivity index (χ2n) is 6.37. The average Bonchev–Trinajstić information content (AvgIpc) is 3.16. The molecule has 8 heteroatoms. The van der Waals surface area contributed by atoms with Gasteiger partial charge in [0.15, 0.2) is 5.78 Å². The van der Waals surface area contributed by atoms with Crippen molar-refractivity contribution in [3.05, 3.63) is 83.1 Å². The van der Waals surface area contributed by atoms with Crippen LogP contribution in [0.15, 0.2) is 71.8 Å². The highest BCUT2D eigenvalue weighted by Crippen LogP contribution is 2.33. The quantitative estimate of drug-likeness (QED) is 0.641. The zero-order chi connectivity index (χ0) is 19.7. The average molecular weight is 417 g/mol. The van der Waals surface area contributed by atoms with Gasteiger partial charge in [0.25, 0.3) is 10.0 Å². The molecule has 0 saturated carbocycles. The number of ketones is 1. The molecule has 3 aromatic rings. The van der Waals surface area contributed by atoms with E-state index < -0.39 is 16.1 Å². The van der Waals surface area contributed by atoms with Crippen molar-refractivity contribution in [1.29, 1.82) is 0 Å². The molecule has 1 aromatic heterocycles. The summed E-state index contributed by atoms with van der Waals surface area (Å²) in [4.78, 5) is 12.5. The molecule has 4 rings (SSSR count). The summed E-state index contributed by atoms with van der Waals surface area (Å²) < 4.78 is 32.8. The molecule has 0 radical (unpaired) electrons. The van der Waals surface area contributed by atoms with Crippen LogP contribution in [0.5, 0.6) is 0 Å². The lowest BCUT2D eigenvalue weighted by Crippen LogP contribution is -2.21. The molecule has 144 valence electrons. The Kier molecular flexibility index (Phi) is 4.97. The van der Waals surface area contributed by atoms with E-state index in [9.17, 15) is 13.2 Å². The highest BCUT2D eigenvalue weighted by atomic mass is 35.5. The number of halogens is 1. The van der Waals surface area contributed by atoms with Gasteiger partial charge < -0.3 is 10.1 Å². The molecule has 0 amide bonds. The first-order chi connectivity index (χ1) is 13.5. The number of para-hydroxylation sites is 1. The van der Waals surface area contributed by atoms with Gasteiger partial charge in [0.05, 0.1) is 24.0 Å². The molecule has 6 nitrogen and oxygen atoms in total. The van der Waals surface area contributed by atoms with Crippen molar-refractivity contribution in [2.75, 3.05) is 18.5 Å². The Balaban J connectivity index is 1.54. The summed E-state index contributed by atoms with van der Waals surface area (Å²) >= 11 is 5.84. The second kappa shape index (κ2) is 7.43. The number of hydrogen-bond acceptors (Lipinski definition) is 5. The molecule has 0 bridgehead atoms. The number of carbonyl (C=O) groups is 1. The maximum atomic E-state index is 12.9. The number of ether oxygens (including phenoxy) is 1. The molecule has 1 aliphatic rings. The molecule has 0 spiro atoms. The fourth-order valence-corrected chi connectivity index (χ4v) is 4.85. The minimum absolute atomic E-state index is 0.116. The van der Waals surface area contributed by atoms with E-state index in [1.165, 1.54) is 10.2 Å². The minimum Gasteiger partial charge on any atom is -0.373 e. The summed E-state index contributed by atoms with van der Waals surface area (Å²) in [5, 5.41) is 3.78. The Hall–Kier alpha value is -2.61. The van der Waals surface area contributed by atoms with Gasteiger partial charge in [-0.05, 0) is 48.5 Å². The minimum atomic E-state index is -3.70. The van der Waals surface area contributed by atoms with Crippen molar-refractivity contribution >= 4 is 33.1 Å². The van der Waals surface area contributed by atoms with E-state index in [4.69, 9.17) is 16.3 Å². The molecule has 1 unspecified atom stereocenters. The third-order valence-electron chi connectivity index (χ3n) is 4.54. The van der Waals surface area contributed by atoms with Crippen LogP contribution in [0.4, 0.5) is 5.69 Å². The van der Waals surface area contributed by atoms with Gasteiger partial charge in [0, 0.05) is 16.8 Å². The molecule has 2 heterocycles. The van der Waals surface area contributed by atoms with Crippen LogP contribution < -0.4 is 5.32 Å². The largest absolute Gasteiger partial charge is 0.373 e. The van der Waals surface area contributed by atoms with Crippen molar-refractivity contribution in [3.63, 3.8) is 0 Å². The molecule has 2 aromatic carbocycles. The normalized spacial score (nSPS) is 17.1. The number of aromatic nitrogens is 1. The predicted molar refractivity (Wildman–Crippen MR) is 106 cm³/mol. The topological polar surface area (TPSA) is 77.4 Å². The summed E-state index contributed by atoms with van der Waals surface area (Å²) in [5.41, 5.74) is 1.56. The Labute approximate surface area is 167 Å². The standard InChI is InChI=1S/C20H17ClN2O4S/c21-15-9-7-14(8-10-15)19(24)13-27-12-17-18-5-3-11-23(18)28(25,26)20-6-2-1-4-16(20)22-17/h1-11,17,22H,12-13H2. The first kappa shape index (κ1) is 18.7. The molecule has 1 atom stereocenters. The van der Waals surface area contributed by atoms with Gasteiger partial charge in [0.1, 0.15) is 11.5 Å². The first-order valence-corrected chi connectivity index (χ1v) is 10.4. The van der Waals surface area contributed by atoms with E-state index in [2.05, 4.69) is 5.32 Å². The molecule has 1 aliphatic heterocycles. The lowest BCUT2D eigenvalue weighted by atomic mass is 10.1. The van der Waals surface area contributed by atoms with Crippen molar-refractivity contribution < 1.29 is 17.9 Å². The Morgan fingerprint density at radius 3 is 2.61 bits per heavy atom. The molecule has 28 heavy (non-hydrogen) atoms. The molecule has 1 N–H and O–H groups in total. The number of nitrogens with zero attached hydrogens (tertiary/aromatic N) is 1. The molecular weight excluding hydrogens is 400 g/mol. The van der Waals surface area contributed by atoms with E-state index in [0.29, 0.717) is 22.0 Å². The predicted octanol–water partition coefficient (Wildman–Crippen LogP) is 3.74. The highest BCUT2D eigenvalue weighted by molar-refractivity contribution is 7.90. The summed E-state index contributed by atoms with van der Waals surface area (Å²) in [6.45, 7) is 0.0160. The molecular formula is C20H17ClN2O4S. The van der Waals surface area contributed by atoms with Gasteiger partial charge in [-0.1, -0.05) is 23.7 Å². The van der Waals surface area contributed by atoms with Crippen molar-refractivity contribution in [3.8, 4) is 0 Å². The van der Waals surface area contributed by atoms with Gasteiger partial charge in [-0.2, -0.15) is 0 Å². The number of fused-ring (bicyclic) bond motifs is 2. The van der Waals surface area contributed by atoms with Gasteiger partial charge >= 0.3 is 0 Å². The van der Waals surface area contributed by atoms with Gasteiger partial charge in [0.2, 0.25) is 0 Å². The van der Waals surface area contributed by atoms with Crippen molar-refractivity contribution in [2.24, 2.45) is 0 Å². The second-order valence-corrected chi connectivity index (χ2v) is 8.59. The maximum Gasteiger partial charge on any atom is 0.269 e. The number of anilines is 1. The number of carbonyl (C=O) groups excluding carboxylic acids is 1. The van der Waals surface area contributed by atoms with E-state index in [-0.39, 0.29) is 23.9 Å². The van der Waals surface area contributed by atoms with Gasteiger partial charge in [-0.15, -0.1) is 0 Å². The summed E-state index contributed by atoms with van der Waals surface area (Å²) in [5.74, 6) is -0.173. The number of hydrogen-bond donors (Lipinski definition) is 1. The number of benzene rings is 2. The number of Topliss-reactive ketones (excluding diaryl/α,β-unsaturated/α-hetero) is 1. The van der Waals surface area contributed by atoms with Crippen molar-refractivity contribution in [2.45, 2.75) is 10.9 Å². The van der Waals surface area contributed by atoms with Crippen LogP contribution >= 0.6 is 11.6 Å². The Morgan fingerprint density at radius 2 is 1.82 bits per heavy atom. The molecule has 0 aliphatic carbocycles. The van der Waals surface area contributed by atoms with Crippen LogP contribution in [0.3, 0.4) is 0 Å². The molecule has 0 saturated heterocycles. The van der Waals surface area contributed by atoms with E-state index in [0.717, 1.165) is 0 Å². The van der Waals surface area contributed by atoms with Crippen LogP contribution in [0.1, 0.15) is 22.1 Å². The van der Waals surface area contributed by atoms with E-state index in [1.54, 1.807) is 60.7 Å². The van der Waals surface area contributed by atoms with Crippen LogP contribution in [-0.2, 0) is 14.8 Å². The summed E-state index contributed by atoms with van der Waals surface area (Å²) in [6, 6.07) is 16.3. The Bertz CT molecular complexity index is 1120. The number of rotatable bonds is 5. The van der Waals surface area contributed by atoms with Gasteiger partial charge in [-0.3, -0.25) is 4.79 Å². The maximum absolute atomic E-state index is 12.9. The van der Waals surface area contributed by atoms with Gasteiger partial charge in [-0.25, -0.2) is 12.4 Å². The highest BCUT2D eigenvalue weighted by Gasteiger charge is 2.30. The molecule has 0 fully saturated rings.